The van der Waals surface area contributed by atoms with Gasteiger partial charge in [-0.25, -0.2) is 9.78 Å². The van der Waals surface area contributed by atoms with Crippen LogP contribution in [-0.4, -0.2) is 39.1 Å². The van der Waals surface area contributed by atoms with Gasteiger partial charge in [0.05, 0.1) is 5.92 Å². The lowest BCUT2D eigenvalue weighted by molar-refractivity contribution is 0.221. The smallest absolute Gasteiger partial charge is 0.323 e. The highest BCUT2D eigenvalue weighted by Crippen LogP contribution is 2.36. The highest BCUT2D eigenvalue weighted by molar-refractivity contribution is 7.15. The standard InChI is InChI=1S/C17H23N5O2S/c1-11-19-15(24-21-11)13-7-8-22(10-13)17(23)20-16-18-9-14(25-16)12-5-3-2-4-6-12/h9,12-13H,2-8,10H2,1H3,(H,18,20,23). The molecule has 1 atom stereocenters. The summed E-state index contributed by atoms with van der Waals surface area (Å²) in [6.45, 7) is 3.10. The topological polar surface area (TPSA) is 84.2 Å². The van der Waals surface area contributed by atoms with Gasteiger partial charge < -0.3 is 9.42 Å². The minimum Gasteiger partial charge on any atom is -0.339 e. The van der Waals surface area contributed by atoms with Gasteiger partial charge in [-0.1, -0.05) is 24.4 Å². The van der Waals surface area contributed by atoms with E-state index in [0.29, 0.717) is 35.9 Å². The van der Waals surface area contributed by atoms with Crippen molar-refractivity contribution in [2.45, 2.75) is 57.3 Å². The van der Waals surface area contributed by atoms with Gasteiger partial charge in [-0.2, -0.15) is 4.98 Å². The SMILES string of the molecule is Cc1noc(C2CCN(C(=O)Nc3ncc(C4CCCCC4)s3)C2)n1. The molecule has 0 spiro atoms. The van der Waals surface area contributed by atoms with Gasteiger partial charge in [0.2, 0.25) is 5.89 Å². The summed E-state index contributed by atoms with van der Waals surface area (Å²) in [6.07, 6.45) is 9.21. The highest BCUT2D eigenvalue weighted by atomic mass is 32.1. The van der Waals surface area contributed by atoms with Crippen LogP contribution in [0.2, 0.25) is 0 Å². The van der Waals surface area contributed by atoms with Crippen molar-refractivity contribution < 1.29 is 9.32 Å². The summed E-state index contributed by atoms with van der Waals surface area (Å²) >= 11 is 1.62. The number of anilines is 1. The molecule has 1 aliphatic carbocycles. The molecule has 0 bridgehead atoms. The zero-order valence-corrected chi connectivity index (χ0v) is 15.2. The number of hydrogen-bond donors (Lipinski definition) is 1. The summed E-state index contributed by atoms with van der Waals surface area (Å²) in [7, 11) is 0. The highest BCUT2D eigenvalue weighted by Gasteiger charge is 2.31. The summed E-state index contributed by atoms with van der Waals surface area (Å²) < 4.78 is 5.24. The van der Waals surface area contributed by atoms with Crippen molar-refractivity contribution in [3.63, 3.8) is 0 Å². The summed E-state index contributed by atoms with van der Waals surface area (Å²) in [5.41, 5.74) is 0. The number of carbonyl (C=O) groups is 1. The Morgan fingerprint density at radius 3 is 2.88 bits per heavy atom. The first kappa shape index (κ1) is 16.5. The van der Waals surface area contributed by atoms with Crippen molar-refractivity contribution in [1.29, 1.82) is 0 Å². The Bertz CT molecular complexity index is 737. The van der Waals surface area contributed by atoms with Crippen molar-refractivity contribution in [2.24, 2.45) is 0 Å². The first-order valence-electron chi connectivity index (χ1n) is 9.01. The monoisotopic (exact) mass is 361 g/mol. The molecule has 2 aromatic heterocycles. The van der Waals surface area contributed by atoms with E-state index < -0.39 is 0 Å². The number of nitrogens with zero attached hydrogens (tertiary/aromatic N) is 4. The predicted octanol–water partition coefficient (Wildman–Crippen LogP) is 3.90. The maximum Gasteiger partial charge on any atom is 0.323 e. The van der Waals surface area contributed by atoms with Crippen LogP contribution in [-0.2, 0) is 0 Å². The van der Waals surface area contributed by atoms with Crippen molar-refractivity contribution in [3.05, 3.63) is 22.8 Å². The summed E-state index contributed by atoms with van der Waals surface area (Å²) in [5, 5.41) is 7.48. The van der Waals surface area contributed by atoms with Gasteiger partial charge in [-0.3, -0.25) is 5.32 Å². The number of nitrogens with one attached hydrogen (secondary N) is 1. The molecule has 4 rings (SSSR count). The molecule has 7 nitrogen and oxygen atoms in total. The molecule has 1 unspecified atom stereocenters. The number of rotatable bonds is 3. The van der Waals surface area contributed by atoms with Crippen LogP contribution in [0.25, 0.3) is 0 Å². The lowest BCUT2D eigenvalue weighted by atomic mass is 9.89. The number of carbonyl (C=O) groups excluding carboxylic acids is 1. The van der Waals surface area contributed by atoms with Crippen LogP contribution < -0.4 is 5.32 Å². The molecule has 134 valence electrons. The molecule has 25 heavy (non-hydrogen) atoms. The Hall–Kier alpha value is -1.96. The number of urea groups is 1. The van der Waals surface area contributed by atoms with Gasteiger partial charge in [-0.15, -0.1) is 11.3 Å². The second-order valence-electron chi connectivity index (χ2n) is 6.94. The number of amides is 2. The normalized spacial score (nSPS) is 21.6. The second-order valence-corrected chi connectivity index (χ2v) is 8.01. The summed E-state index contributed by atoms with van der Waals surface area (Å²) in [6, 6.07) is -0.0942. The van der Waals surface area contributed by atoms with E-state index in [1.165, 1.54) is 37.0 Å². The van der Waals surface area contributed by atoms with Crippen LogP contribution >= 0.6 is 11.3 Å². The molecule has 8 heteroatoms. The number of likely N-dealkylation sites (tertiary alicyclic amines) is 1. The maximum absolute atomic E-state index is 12.5. The molecule has 2 amide bonds. The van der Waals surface area contributed by atoms with Crippen molar-refractivity contribution in [1.82, 2.24) is 20.0 Å². The first-order valence-corrected chi connectivity index (χ1v) is 9.82. The van der Waals surface area contributed by atoms with Crippen LogP contribution in [0.4, 0.5) is 9.93 Å². The number of thiazole rings is 1. The molecule has 1 saturated carbocycles. The van der Waals surface area contributed by atoms with Crippen LogP contribution in [0.15, 0.2) is 10.7 Å². The third-order valence-electron chi connectivity index (χ3n) is 5.11. The lowest BCUT2D eigenvalue weighted by Gasteiger charge is -2.19. The van der Waals surface area contributed by atoms with Gasteiger partial charge in [0.25, 0.3) is 0 Å². The summed E-state index contributed by atoms with van der Waals surface area (Å²) in [5.74, 6) is 2.01. The first-order chi connectivity index (χ1) is 12.2. The van der Waals surface area contributed by atoms with E-state index in [0.717, 1.165) is 6.42 Å². The molecule has 1 N–H and O–H groups in total. The van der Waals surface area contributed by atoms with Crippen LogP contribution in [0.5, 0.6) is 0 Å². The third-order valence-corrected chi connectivity index (χ3v) is 6.19. The molecule has 0 radical (unpaired) electrons. The Balaban J connectivity index is 1.34. The van der Waals surface area contributed by atoms with Crippen molar-refractivity contribution >= 4 is 22.5 Å². The number of aryl methyl sites for hydroxylation is 1. The van der Waals surface area contributed by atoms with E-state index in [2.05, 4.69) is 20.4 Å². The number of aromatic nitrogens is 3. The average Bonchev–Trinajstić information content (AvgIpc) is 3.35. The Labute approximate surface area is 150 Å². The number of hydrogen-bond acceptors (Lipinski definition) is 6. The molecule has 2 aromatic rings. The molecular weight excluding hydrogens is 338 g/mol. The molecule has 3 heterocycles. The van der Waals surface area contributed by atoms with Crippen molar-refractivity contribution in [3.8, 4) is 0 Å². The van der Waals surface area contributed by atoms with E-state index in [1.54, 1.807) is 23.2 Å². The maximum atomic E-state index is 12.5. The van der Waals surface area contributed by atoms with Crippen LogP contribution in [0, 0.1) is 6.92 Å². The Morgan fingerprint density at radius 1 is 1.28 bits per heavy atom. The predicted molar refractivity (Wildman–Crippen MR) is 94.9 cm³/mol. The van der Waals surface area contributed by atoms with E-state index >= 15 is 0 Å². The fraction of sp³-hybridized carbons (Fsp3) is 0.647. The summed E-state index contributed by atoms with van der Waals surface area (Å²) in [4.78, 5) is 24.3. The van der Waals surface area contributed by atoms with Gasteiger partial charge in [0.15, 0.2) is 11.0 Å². The molecule has 1 aliphatic heterocycles. The largest absolute Gasteiger partial charge is 0.339 e. The molecule has 2 fully saturated rings. The van der Waals surface area contributed by atoms with Gasteiger partial charge in [-0.05, 0) is 32.1 Å². The van der Waals surface area contributed by atoms with Gasteiger partial charge in [0.1, 0.15) is 0 Å². The molecule has 2 aliphatic rings. The zero-order valence-electron chi connectivity index (χ0n) is 14.4. The lowest BCUT2D eigenvalue weighted by Crippen LogP contribution is -2.32. The van der Waals surface area contributed by atoms with E-state index in [1.807, 2.05) is 6.20 Å². The second kappa shape index (κ2) is 7.11. The van der Waals surface area contributed by atoms with Crippen LogP contribution in [0.3, 0.4) is 0 Å². The quantitative estimate of drug-likeness (QED) is 0.896. The third kappa shape index (κ3) is 3.68. The van der Waals surface area contributed by atoms with Crippen LogP contribution in [0.1, 0.15) is 67.0 Å². The fourth-order valence-corrected chi connectivity index (χ4v) is 4.69. The molecule has 0 aromatic carbocycles. The Morgan fingerprint density at radius 2 is 2.12 bits per heavy atom. The average molecular weight is 361 g/mol. The van der Waals surface area contributed by atoms with E-state index in [4.69, 9.17) is 4.52 Å². The molecular formula is C17H23N5O2S. The fourth-order valence-electron chi connectivity index (χ4n) is 3.72. The van der Waals surface area contributed by atoms with Gasteiger partial charge >= 0.3 is 6.03 Å². The molecule has 1 saturated heterocycles. The zero-order chi connectivity index (χ0) is 17.2. The minimum atomic E-state index is -0.0942. The van der Waals surface area contributed by atoms with Crippen molar-refractivity contribution in [2.75, 3.05) is 18.4 Å². The van der Waals surface area contributed by atoms with E-state index in [9.17, 15) is 4.79 Å². The van der Waals surface area contributed by atoms with Gasteiger partial charge in [0, 0.05) is 24.2 Å². The minimum absolute atomic E-state index is 0.0942. The van der Waals surface area contributed by atoms with E-state index in [-0.39, 0.29) is 11.9 Å². The Kier molecular flexibility index (Phi) is 4.70.